The van der Waals surface area contributed by atoms with E-state index in [1.54, 1.807) is 11.0 Å². The zero-order valence-electron chi connectivity index (χ0n) is 12.9. The van der Waals surface area contributed by atoms with Gasteiger partial charge in [-0.2, -0.15) is 0 Å². The predicted octanol–water partition coefficient (Wildman–Crippen LogP) is 2.21. The maximum Gasteiger partial charge on any atom is 0.255 e. The summed E-state index contributed by atoms with van der Waals surface area (Å²) in [6, 6.07) is 7.39. The van der Waals surface area contributed by atoms with Crippen molar-refractivity contribution < 1.29 is 9.59 Å². The zero-order valence-corrected chi connectivity index (χ0v) is 12.9. The van der Waals surface area contributed by atoms with Crippen molar-refractivity contribution in [1.82, 2.24) is 10.2 Å². The summed E-state index contributed by atoms with van der Waals surface area (Å²) in [5, 5.41) is 3.03. The standard InChI is InChI=1S/C17H20N2O2/c1-11-9-17(15(21)18-16(2,3)4)13-8-6-5-7-12(13)14(20)19(17)10-11/h5-9H,10H2,1-4H3,(H,18,21). The number of hydrogen-bond donors (Lipinski definition) is 1. The summed E-state index contributed by atoms with van der Waals surface area (Å²) < 4.78 is 0. The second-order valence-corrected chi connectivity index (χ2v) is 6.90. The van der Waals surface area contributed by atoms with E-state index in [9.17, 15) is 9.59 Å². The van der Waals surface area contributed by atoms with E-state index >= 15 is 0 Å². The molecular weight excluding hydrogens is 264 g/mol. The molecule has 0 saturated heterocycles. The predicted molar refractivity (Wildman–Crippen MR) is 80.8 cm³/mol. The normalized spacial score (nSPS) is 23.7. The van der Waals surface area contributed by atoms with Crippen LogP contribution in [0.15, 0.2) is 35.9 Å². The van der Waals surface area contributed by atoms with Crippen LogP contribution in [0.2, 0.25) is 0 Å². The summed E-state index contributed by atoms with van der Waals surface area (Å²) in [5.41, 5.74) is 1.13. The Hall–Kier alpha value is -2.10. The van der Waals surface area contributed by atoms with Crippen LogP contribution in [0, 0.1) is 0 Å². The molecule has 0 fully saturated rings. The molecule has 1 aromatic carbocycles. The van der Waals surface area contributed by atoms with E-state index in [-0.39, 0.29) is 17.4 Å². The largest absolute Gasteiger partial charge is 0.349 e. The molecule has 0 saturated carbocycles. The molecule has 0 radical (unpaired) electrons. The maximum atomic E-state index is 13.0. The van der Waals surface area contributed by atoms with Crippen LogP contribution in [0.4, 0.5) is 0 Å². The molecule has 110 valence electrons. The molecule has 0 aromatic heterocycles. The van der Waals surface area contributed by atoms with Crippen LogP contribution in [-0.2, 0) is 10.3 Å². The van der Waals surface area contributed by atoms with Crippen molar-refractivity contribution in [3.05, 3.63) is 47.0 Å². The molecule has 0 spiro atoms. The fourth-order valence-corrected chi connectivity index (χ4v) is 3.20. The van der Waals surface area contributed by atoms with Crippen molar-refractivity contribution in [3.63, 3.8) is 0 Å². The first-order valence-corrected chi connectivity index (χ1v) is 7.18. The lowest BCUT2D eigenvalue weighted by molar-refractivity contribution is -0.130. The lowest BCUT2D eigenvalue weighted by Crippen LogP contribution is -2.55. The monoisotopic (exact) mass is 284 g/mol. The molecule has 3 rings (SSSR count). The Bertz CT molecular complexity index is 670. The van der Waals surface area contributed by atoms with Gasteiger partial charge in [0.1, 0.15) is 0 Å². The summed E-state index contributed by atoms with van der Waals surface area (Å²) >= 11 is 0. The van der Waals surface area contributed by atoms with Crippen LogP contribution < -0.4 is 5.32 Å². The van der Waals surface area contributed by atoms with Crippen molar-refractivity contribution in [2.24, 2.45) is 0 Å². The summed E-state index contributed by atoms with van der Waals surface area (Å²) in [6.07, 6.45) is 1.93. The first-order valence-electron chi connectivity index (χ1n) is 7.18. The molecule has 1 N–H and O–H groups in total. The first kappa shape index (κ1) is 13.9. The van der Waals surface area contributed by atoms with E-state index in [1.165, 1.54) is 0 Å². The van der Waals surface area contributed by atoms with Crippen LogP contribution in [0.25, 0.3) is 0 Å². The van der Waals surface area contributed by atoms with Crippen molar-refractivity contribution in [2.75, 3.05) is 6.54 Å². The van der Waals surface area contributed by atoms with Gasteiger partial charge in [-0.3, -0.25) is 9.59 Å². The minimum absolute atomic E-state index is 0.0669. The molecular formula is C17H20N2O2. The quantitative estimate of drug-likeness (QED) is 0.804. The van der Waals surface area contributed by atoms with Gasteiger partial charge in [-0.1, -0.05) is 23.8 Å². The Kier molecular flexibility index (Phi) is 2.77. The van der Waals surface area contributed by atoms with Gasteiger partial charge in [-0.05, 0) is 39.8 Å². The van der Waals surface area contributed by atoms with Gasteiger partial charge in [0.15, 0.2) is 5.54 Å². The summed E-state index contributed by atoms with van der Waals surface area (Å²) in [4.78, 5) is 27.3. The van der Waals surface area contributed by atoms with Crippen LogP contribution >= 0.6 is 0 Å². The van der Waals surface area contributed by atoms with Gasteiger partial charge in [0.05, 0.1) is 0 Å². The summed E-state index contributed by atoms with van der Waals surface area (Å²) in [7, 11) is 0. The molecule has 4 heteroatoms. The van der Waals surface area contributed by atoms with E-state index in [2.05, 4.69) is 5.32 Å². The molecule has 2 aliphatic rings. The zero-order chi connectivity index (χ0) is 15.4. The number of carbonyl (C=O) groups is 2. The van der Waals surface area contributed by atoms with Gasteiger partial charge in [0.2, 0.25) is 0 Å². The van der Waals surface area contributed by atoms with E-state index in [4.69, 9.17) is 0 Å². The number of rotatable bonds is 1. The molecule has 2 heterocycles. The smallest absolute Gasteiger partial charge is 0.255 e. The highest BCUT2D eigenvalue weighted by molar-refractivity contribution is 6.09. The highest BCUT2D eigenvalue weighted by Gasteiger charge is 2.56. The van der Waals surface area contributed by atoms with Crippen molar-refractivity contribution in [3.8, 4) is 0 Å². The molecule has 1 unspecified atom stereocenters. The number of fused-ring (bicyclic) bond motifs is 3. The Labute approximate surface area is 124 Å². The topological polar surface area (TPSA) is 49.4 Å². The lowest BCUT2D eigenvalue weighted by Gasteiger charge is -2.34. The van der Waals surface area contributed by atoms with E-state index in [1.807, 2.05) is 52.0 Å². The second kappa shape index (κ2) is 4.20. The Morgan fingerprint density at radius 3 is 2.62 bits per heavy atom. The van der Waals surface area contributed by atoms with E-state index in [0.717, 1.165) is 11.1 Å². The van der Waals surface area contributed by atoms with Crippen molar-refractivity contribution >= 4 is 11.8 Å². The molecule has 0 aliphatic carbocycles. The molecule has 2 aliphatic heterocycles. The van der Waals surface area contributed by atoms with Crippen LogP contribution in [-0.4, -0.2) is 28.8 Å². The highest BCUT2D eigenvalue weighted by atomic mass is 16.2. The number of amides is 2. The minimum atomic E-state index is -0.981. The number of carbonyl (C=O) groups excluding carboxylic acids is 2. The lowest BCUT2D eigenvalue weighted by atomic mass is 9.88. The third-order valence-corrected chi connectivity index (χ3v) is 3.94. The average Bonchev–Trinajstić information content (AvgIpc) is 2.84. The number of nitrogens with one attached hydrogen (secondary N) is 1. The SMILES string of the molecule is CC1=CC2(C(=O)NC(C)(C)C)c3ccccc3C(=O)N2C1. The van der Waals surface area contributed by atoms with Crippen LogP contribution in [0.3, 0.4) is 0 Å². The molecule has 4 nitrogen and oxygen atoms in total. The third-order valence-electron chi connectivity index (χ3n) is 3.94. The van der Waals surface area contributed by atoms with Gasteiger partial charge in [-0.25, -0.2) is 0 Å². The van der Waals surface area contributed by atoms with Gasteiger partial charge in [0.25, 0.3) is 11.8 Å². The summed E-state index contributed by atoms with van der Waals surface area (Å²) in [6.45, 7) is 8.30. The van der Waals surface area contributed by atoms with E-state index in [0.29, 0.717) is 12.1 Å². The second-order valence-electron chi connectivity index (χ2n) is 6.90. The molecule has 1 aromatic rings. The Morgan fingerprint density at radius 1 is 1.29 bits per heavy atom. The minimum Gasteiger partial charge on any atom is -0.349 e. The van der Waals surface area contributed by atoms with Crippen LogP contribution in [0.1, 0.15) is 43.6 Å². The molecule has 2 amide bonds. The molecule has 21 heavy (non-hydrogen) atoms. The highest BCUT2D eigenvalue weighted by Crippen LogP contribution is 2.45. The number of nitrogens with zero attached hydrogens (tertiary/aromatic N) is 1. The number of benzene rings is 1. The number of hydrogen-bond acceptors (Lipinski definition) is 2. The van der Waals surface area contributed by atoms with Crippen molar-refractivity contribution in [2.45, 2.75) is 38.8 Å². The molecule has 1 atom stereocenters. The van der Waals surface area contributed by atoms with E-state index < -0.39 is 5.54 Å². The average molecular weight is 284 g/mol. The Balaban J connectivity index is 2.17. The van der Waals surface area contributed by atoms with Gasteiger partial charge in [0, 0.05) is 23.2 Å². The maximum absolute atomic E-state index is 13.0. The van der Waals surface area contributed by atoms with Gasteiger partial charge in [-0.15, -0.1) is 0 Å². The molecule has 0 bridgehead atoms. The van der Waals surface area contributed by atoms with Crippen molar-refractivity contribution in [1.29, 1.82) is 0 Å². The van der Waals surface area contributed by atoms with Gasteiger partial charge < -0.3 is 10.2 Å². The Morgan fingerprint density at radius 2 is 1.95 bits per heavy atom. The first-order chi connectivity index (χ1) is 9.75. The summed E-state index contributed by atoms with van der Waals surface area (Å²) in [5.74, 6) is -0.201. The fourth-order valence-electron chi connectivity index (χ4n) is 3.20. The fraction of sp³-hybridized carbons (Fsp3) is 0.412. The van der Waals surface area contributed by atoms with Gasteiger partial charge >= 0.3 is 0 Å². The third kappa shape index (κ3) is 1.89. The van der Waals surface area contributed by atoms with Crippen LogP contribution in [0.5, 0.6) is 0 Å².